The Morgan fingerprint density at radius 1 is 1.33 bits per heavy atom. The van der Waals surface area contributed by atoms with Gasteiger partial charge in [-0.1, -0.05) is 37.3 Å². The third-order valence-corrected chi connectivity index (χ3v) is 3.46. The van der Waals surface area contributed by atoms with Gasteiger partial charge in [-0.25, -0.2) is 0 Å². The molecule has 0 unspecified atom stereocenters. The van der Waals surface area contributed by atoms with Crippen molar-refractivity contribution in [3.63, 3.8) is 0 Å². The SMILES string of the molecule is CCCN(C(=O)CCc1ccccc1)C1CNC1. The van der Waals surface area contributed by atoms with Crippen molar-refractivity contribution in [3.05, 3.63) is 35.9 Å². The lowest BCUT2D eigenvalue weighted by Gasteiger charge is -2.38. The predicted octanol–water partition coefficient (Wildman–Crippen LogP) is 1.83. The highest BCUT2D eigenvalue weighted by molar-refractivity contribution is 5.77. The maximum Gasteiger partial charge on any atom is 0.223 e. The number of hydrogen-bond donors (Lipinski definition) is 1. The van der Waals surface area contributed by atoms with Crippen LogP contribution in [0, 0.1) is 0 Å². The average Bonchev–Trinajstić information content (AvgIpc) is 2.34. The van der Waals surface area contributed by atoms with Crippen LogP contribution in [-0.2, 0) is 11.2 Å². The first-order valence-electron chi connectivity index (χ1n) is 6.85. The Balaban J connectivity index is 1.85. The van der Waals surface area contributed by atoms with Crippen molar-refractivity contribution in [1.29, 1.82) is 0 Å². The van der Waals surface area contributed by atoms with Gasteiger partial charge in [0.25, 0.3) is 0 Å². The molecular formula is C15H22N2O. The van der Waals surface area contributed by atoms with Gasteiger partial charge in [0.1, 0.15) is 0 Å². The highest BCUT2D eigenvalue weighted by Gasteiger charge is 2.27. The van der Waals surface area contributed by atoms with E-state index in [1.807, 2.05) is 18.2 Å². The molecule has 1 saturated heterocycles. The van der Waals surface area contributed by atoms with Crippen molar-refractivity contribution in [2.45, 2.75) is 32.2 Å². The van der Waals surface area contributed by atoms with E-state index in [0.717, 1.165) is 32.5 Å². The van der Waals surface area contributed by atoms with E-state index in [2.05, 4.69) is 29.3 Å². The molecule has 98 valence electrons. The molecule has 0 radical (unpaired) electrons. The Labute approximate surface area is 109 Å². The molecule has 1 aliphatic rings. The zero-order chi connectivity index (χ0) is 12.8. The summed E-state index contributed by atoms with van der Waals surface area (Å²) in [6.45, 7) is 4.93. The van der Waals surface area contributed by atoms with Crippen LogP contribution < -0.4 is 5.32 Å². The summed E-state index contributed by atoms with van der Waals surface area (Å²) in [5.74, 6) is 0.298. The summed E-state index contributed by atoms with van der Waals surface area (Å²) < 4.78 is 0. The smallest absolute Gasteiger partial charge is 0.223 e. The summed E-state index contributed by atoms with van der Waals surface area (Å²) in [7, 11) is 0. The number of aryl methyl sites for hydroxylation is 1. The standard InChI is InChI=1S/C15H22N2O/c1-2-10-17(14-11-16-12-14)15(18)9-8-13-6-4-3-5-7-13/h3-7,14,16H,2,8-12H2,1H3. The molecule has 0 bridgehead atoms. The van der Waals surface area contributed by atoms with Crippen molar-refractivity contribution in [2.24, 2.45) is 0 Å². The first kappa shape index (κ1) is 13.1. The second-order valence-corrected chi connectivity index (χ2v) is 4.88. The average molecular weight is 246 g/mol. The molecule has 0 aromatic heterocycles. The first-order chi connectivity index (χ1) is 8.81. The van der Waals surface area contributed by atoms with Gasteiger partial charge in [-0.05, 0) is 18.4 Å². The van der Waals surface area contributed by atoms with E-state index < -0.39 is 0 Å². The molecule has 0 spiro atoms. The van der Waals surface area contributed by atoms with E-state index in [9.17, 15) is 4.79 Å². The van der Waals surface area contributed by atoms with Gasteiger partial charge in [0.05, 0.1) is 6.04 Å². The summed E-state index contributed by atoms with van der Waals surface area (Å²) in [6.07, 6.45) is 2.51. The summed E-state index contributed by atoms with van der Waals surface area (Å²) in [6, 6.07) is 10.7. The molecule has 2 rings (SSSR count). The van der Waals surface area contributed by atoms with Crippen LogP contribution in [0.1, 0.15) is 25.3 Å². The van der Waals surface area contributed by atoms with Crippen LogP contribution in [-0.4, -0.2) is 36.5 Å². The monoisotopic (exact) mass is 246 g/mol. The summed E-state index contributed by atoms with van der Waals surface area (Å²) >= 11 is 0. The molecule has 1 heterocycles. The molecule has 1 aliphatic heterocycles. The maximum absolute atomic E-state index is 12.2. The lowest BCUT2D eigenvalue weighted by Crippen LogP contribution is -2.59. The number of hydrogen-bond acceptors (Lipinski definition) is 2. The minimum atomic E-state index is 0.298. The zero-order valence-corrected chi connectivity index (χ0v) is 11.1. The van der Waals surface area contributed by atoms with Gasteiger partial charge in [-0.3, -0.25) is 4.79 Å². The quantitative estimate of drug-likeness (QED) is 0.830. The summed E-state index contributed by atoms with van der Waals surface area (Å²) in [5, 5.41) is 3.23. The first-order valence-corrected chi connectivity index (χ1v) is 6.85. The molecule has 0 atom stereocenters. The van der Waals surface area contributed by atoms with Crippen LogP contribution in [0.3, 0.4) is 0 Å². The highest BCUT2D eigenvalue weighted by atomic mass is 16.2. The van der Waals surface area contributed by atoms with E-state index in [0.29, 0.717) is 18.4 Å². The van der Waals surface area contributed by atoms with Crippen LogP contribution in [0.15, 0.2) is 30.3 Å². The minimum absolute atomic E-state index is 0.298. The van der Waals surface area contributed by atoms with Gasteiger partial charge in [0.2, 0.25) is 5.91 Å². The second-order valence-electron chi connectivity index (χ2n) is 4.88. The Bertz CT molecular complexity index is 373. The van der Waals surface area contributed by atoms with Crippen LogP contribution in [0.5, 0.6) is 0 Å². The molecule has 1 amide bonds. The van der Waals surface area contributed by atoms with Crippen molar-refractivity contribution >= 4 is 5.91 Å². The van der Waals surface area contributed by atoms with Gasteiger partial charge in [0, 0.05) is 26.1 Å². The van der Waals surface area contributed by atoms with Crippen molar-refractivity contribution in [3.8, 4) is 0 Å². The van der Waals surface area contributed by atoms with E-state index in [1.54, 1.807) is 0 Å². The lowest BCUT2D eigenvalue weighted by atomic mass is 10.1. The van der Waals surface area contributed by atoms with Gasteiger partial charge in [-0.2, -0.15) is 0 Å². The fourth-order valence-electron chi connectivity index (χ4n) is 2.29. The summed E-state index contributed by atoms with van der Waals surface area (Å²) in [4.78, 5) is 14.3. The van der Waals surface area contributed by atoms with E-state index in [1.165, 1.54) is 5.56 Å². The van der Waals surface area contributed by atoms with Crippen LogP contribution in [0.4, 0.5) is 0 Å². The topological polar surface area (TPSA) is 32.3 Å². The van der Waals surface area contributed by atoms with Gasteiger partial charge in [-0.15, -0.1) is 0 Å². The van der Waals surface area contributed by atoms with Crippen LogP contribution in [0.25, 0.3) is 0 Å². The number of benzene rings is 1. The Hall–Kier alpha value is -1.35. The third kappa shape index (κ3) is 3.33. The Morgan fingerprint density at radius 2 is 2.06 bits per heavy atom. The molecule has 0 aliphatic carbocycles. The van der Waals surface area contributed by atoms with Crippen molar-refractivity contribution in [1.82, 2.24) is 10.2 Å². The summed E-state index contributed by atoms with van der Waals surface area (Å²) in [5.41, 5.74) is 1.24. The van der Waals surface area contributed by atoms with Crippen molar-refractivity contribution < 1.29 is 4.79 Å². The molecule has 1 aromatic carbocycles. The number of nitrogens with zero attached hydrogens (tertiary/aromatic N) is 1. The molecular weight excluding hydrogens is 224 g/mol. The minimum Gasteiger partial charge on any atom is -0.337 e. The largest absolute Gasteiger partial charge is 0.337 e. The van der Waals surface area contributed by atoms with Gasteiger partial charge < -0.3 is 10.2 Å². The molecule has 3 nitrogen and oxygen atoms in total. The van der Waals surface area contributed by atoms with Gasteiger partial charge in [0.15, 0.2) is 0 Å². The van der Waals surface area contributed by atoms with Crippen molar-refractivity contribution in [2.75, 3.05) is 19.6 Å². The van der Waals surface area contributed by atoms with Crippen LogP contribution in [0.2, 0.25) is 0 Å². The van der Waals surface area contributed by atoms with E-state index >= 15 is 0 Å². The maximum atomic E-state index is 12.2. The second kappa shape index (κ2) is 6.55. The van der Waals surface area contributed by atoms with Gasteiger partial charge >= 0.3 is 0 Å². The number of carbonyl (C=O) groups excluding carboxylic acids is 1. The number of rotatable bonds is 6. The fraction of sp³-hybridized carbons (Fsp3) is 0.533. The van der Waals surface area contributed by atoms with E-state index in [4.69, 9.17) is 0 Å². The molecule has 1 fully saturated rings. The fourth-order valence-corrected chi connectivity index (χ4v) is 2.29. The number of amides is 1. The highest BCUT2D eigenvalue weighted by Crippen LogP contribution is 2.10. The third-order valence-electron chi connectivity index (χ3n) is 3.46. The predicted molar refractivity (Wildman–Crippen MR) is 73.4 cm³/mol. The lowest BCUT2D eigenvalue weighted by molar-refractivity contribution is -0.134. The Kier molecular flexibility index (Phi) is 4.76. The number of nitrogens with one attached hydrogen (secondary N) is 1. The Morgan fingerprint density at radius 3 is 2.61 bits per heavy atom. The molecule has 0 saturated carbocycles. The van der Waals surface area contributed by atoms with Crippen LogP contribution >= 0.6 is 0 Å². The normalized spacial score (nSPS) is 15.2. The number of carbonyl (C=O) groups is 1. The zero-order valence-electron chi connectivity index (χ0n) is 11.1. The molecule has 1 aromatic rings. The van der Waals surface area contributed by atoms with E-state index in [-0.39, 0.29) is 0 Å². The molecule has 3 heteroatoms. The molecule has 18 heavy (non-hydrogen) atoms. The molecule has 1 N–H and O–H groups in total.